The lowest BCUT2D eigenvalue weighted by Crippen LogP contribution is -2.37. The first-order valence-corrected chi connectivity index (χ1v) is 9.27. The largest absolute Gasteiger partial charge is 0.493 e. The van der Waals surface area contributed by atoms with Crippen LogP contribution in [-0.2, 0) is 14.3 Å². The van der Waals surface area contributed by atoms with Gasteiger partial charge in [-0.2, -0.15) is 0 Å². The molecule has 2 aliphatic heterocycles. The Balaban J connectivity index is 1.86. The van der Waals surface area contributed by atoms with Crippen LogP contribution in [-0.4, -0.2) is 39.8 Å². The average molecular weight is 413 g/mol. The molecule has 2 heterocycles. The number of halogens is 1. The Kier molecular flexibility index (Phi) is 5.07. The molecule has 0 saturated heterocycles. The van der Waals surface area contributed by atoms with E-state index < -0.39 is 17.7 Å². The van der Waals surface area contributed by atoms with Crippen LogP contribution in [0.2, 0.25) is 0 Å². The minimum atomic E-state index is -0.575. The number of methoxy groups -OCH3 is 3. The van der Waals surface area contributed by atoms with Crippen LogP contribution in [0.15, 0.2) is 47.7 Å². The Labute approximate surface area is 172 Å². The predicted molar refractivity (Wildman–Crippen MR) is 105 cm³/mol. The van der Waals surface area contributed by atoms with Gasteiger partial charge in [0.2, 0.25) is 11.7 Å². The van der Waals surface area contributed by atoms with Gasteiger partial charge in [-0.05, 0) is 30.3 Å². The quantitative estimate of drug-likeness (QED) is 0.701. The van der Waals surface area contributed by atoms with Crippen molar-refractivity contribution in [1.82, 2.24) is 0 Å². The van der Waals surface area contributed by atoms with Crippen molar-refractivity contribution >= 4 is 17.6 Å². The second kappa shape index (κ2) is 7.70. The molecule has 156 valence electrons. The highest BCUT2D eigenvalue weighted by Crippen LogP contribution is 2.49. The zero-order chi connectivity index (χ0) is 21.4. The van der Waals surface area contributed by atoms with Crippen LogP contribution in [0, 0.1) is 5.82 Å². The Morgan fingerprint density at radius 2 is 1.67 bits per heavy atom. The van der Waals surface area contributed by atoms with Crippen molar-refractivity contribution in [1.29, 1.82) is 0 Å². The van der Waals surface area contributed by atoms with E-state index in [-0.39, 0.29) is 18.9 Å². The maximum Gasteiger partial charge on any atom is 0.336 e. The first kappa shape index (κ1) is 19.8. The fourth-order valence-electron chi connectivity index (χ4n) is 4.01. The number of nitrogens with zero attached hydrogens (tertiary/aromatic N) is 1. The van der Waals surface area contributed by atoms with Crippen LogP contribution in [0.4, 0.5) is 10.1 Å². The predicted octanol–water partition coefficient (Wildman–Crippen LogP) is 3.18. The van der Waals surface area contributed by atoms with E-state index >= 15 is 0 Å². The summed E-state index contributed by atoms with van der Waals surface area (Å²) in [6, 6.07) is 8.99. The lowest BCUT2D eigenvalue weighted by Gasteiger charge is -2.32. The molecule has 1 unspecified atom stereocenters. The van der Waals surface area contributed by atoms with E-state index in [1.807, 2.05) is 0 Å². The zero-order valence-electron chi connectivity index (χ0n) is 16.7. The van der Waals surface area contributed by atoms with E-state index in [1.165, 1.54) is 50.5 Å². The zero-order valence-corrected chi connectivity index (χ0v) is 16.7. The normalized spacial score (nSPS) is 18.3. The second-order valence-corrected chi connectivity index (χ2v) is 6.82. The third-order valence-electron chi connectivity index (χ3n) is 5.31. The summed E-state index contributed by atoms with van der Waals surface area (Å²) in [6.45, 7) is -0.0383. The van der Waals surface area contributed by atoms with Crippen LogP contribution in [0.5, 0.6) is 17.2 Å². The summed E-state index contributed by atoms with van der Waals surface area (Å²) in [6.07, 6.45) is 0.0111. The highest BCUT2D eigenvalue weighted by Gasteiger charge is 2.44. The Hall–Kier alpha value is -3.55. The van der Waals surface area contributed by atoms with Crippen molar-refractivity contribution in [2.24, 2.45) is 0 Å². The van der Waals surface area contributed by atoms with Crippen LogP contribution < -0.4 is 19.1 Å². The van der Waals surface area contributed by atoms with E-state index in [2.05, 4.69) is 0 Å². The number of ether oxygens (including phenoxy) is 4. The lowest BCUT2D eigenvalue weighted by atomic mass is 9.83. The molecule has 1 amide bonds. The maximum absolute atomic E-state index is 13.4. The fraction of sp³-hybridized carbons (Fsp3) is 0.273. The number of hydrogen-bond acceptors (Lipinski definition) is 6. The van der Waals surface area contributed by atoms with E-state index in [0.717, 1.165) is 0 Å². The summed E-state index contributed by atoms with van der Waals surface area (Å²) in [5, 5.41) is 0. The number of benzene rings is 2. The van der Waals surface area contributed by atoms with Gasteiger partial charge in [-0.15, -0.1) is 0 Å². The van der Waals surface area contributed by atoms with Gasteiger partial charge in [-0.1, -0.05) is 6.07 Å². The van der Waals surface area contributed by atoms with Gasteiger partial charge in [0, 0.05) is 23.6 Å². The summed E-state index contributed by atoms with van der Waals surface area (Å²) in [5.74, 6) is -0.489. The van der Waals surface area contributed by atoms with Crippen molar-refractivity contribution in [3.8, 4) is 17.2 Å². The van der Waals surface area contributed by atoms with Gasteiger partial charge in [0.15, 0.2) is 11.5 Å². The average Bonchev–Trinajstić information content (AvgIpc) is 3.14. The number of amides is 1. The molecule has 1 atom stereocenters. The molecule has 2 aromatic rings. The molecule has 0 aliphatic carbocycles. The van der Waals surface area contributed by atoms with Crippen molar-refractivity contribution < 1.29 is 32.9 Å². The first-order valence-electron chi connectivity index (χ1n) is 9.27. The van der Waals surface area contributed by atoms with Crippen molar-refractivity contribution in [2.75, 3.05) is 32.8 Å². The Morgan fingerprint density at radius 1 is 0.967 bits per heavy atom. The summed E-state index contributed by atoms with van der Waals surface area (Å²) < 4.78 is 34.9. The SMILES string of the molecule is COc1ccc(C2CC(=O)N(c3ccc(F)cc3)C3=C2C(=O)OC3)c(OC)c1OC. The number of carbonyl (C=O) groups is 2. The van der Waals surface area contributed by atoms with Gasteiger partial charge in [0.25, 0.3) is 0 Å². The molecule has 2 aliphatic rings. The molecular formula is C22H20FNO6. The van der Waals surface area contributed by atoms with Gasteiger partial charge < -0.3 is 18.9 Å². The molecule has 0 aromatic heterocycles. The van der Waals surface area contributed by atoms with E-state index in [4.69, 9.17) is 18.9 Å². The minimum absolute atomic E-state index is 0.0111. The number of carbonyl (C=O) groups excluding carboxylic acids is 2. The molecule has 30 heavy (non-hydrogen) atoms. The summed E-state index contributed by atoms with van der Waals surface area (Å²) in [4.78, 5) is 27.2. The summed E-state index contributed by atoms with van der Waals surface area (Å²) in [5.41, 5.74) is 1.92. The maximum atomic E-state index is 13.4. The van der Waals surface area contributed by atoms with Gasteiger partial charge in [0.1, 0.15) is 12.4 Å². The standard InChI is InChI=1S/C22H20FNO6/c1-27-17-9-8-14(20(28-2)21(17)29-3)15-10-18(25)24(13-6-4-12(23)5-7-13)16-11-30-22(26)19(15)16/h4-9,15H,10-11H2,1-3H3. The third-order valence-corrected chi connectivity index (χ3v) is 5.31. The molecule has 2 aromatic carbocycles. The highest BCUT2D eigenvalue weighted by molar-refractivity contribution is 6.06. The Morgan fingerprint density at radius 3 is 2.30 bits per heavy atom. The topological polar surface area (TPSA) is 74.3 Å². The smallest absolute Gasteiger partial charge is 0.336 e. The van der Waals surface area contributed by atoms with Crippen LogP contribution in [0.25, 0.3) is 0 Å². The Bertz CT molecular complexity index is 1050. The highest BCUT2D eigenvalue weighted by atomic mass is 19.1. The molecule has 0 saturated carbocycles. The molecule has 8 heteroatoms. The van der Waals surface area contributed by atoms with Crippen molar-refractivity contribution in [3.05, 3.63) is 59.0 Å². The fourth-order valence-corrected chi connectivity index (χ4v) is 4.01. The summed E-state index contributed by atoms with van der Waals surface area (Å²) in [7, 11) is 4.48. The first-order chi connectivity index (χ1) is 14.5. The number of esters is 1. The van der Waals surface area contributed by atoms with Gasteiger partial charge >= 0.3 is 5.97 Å². The third kappa shape index (κ3) is 3.04. The van der Waals surface area contributed by atoms with Crippen molar-refractivity contribution in [3.63, 3.8) is 0 Å². The van der Waals surface area contributed by atoms with Gasteiger partial charge in [-0.3, -0.25) is 9.69 Å². The molecule has 4 rings (SSSR count). The molecule has 0 N–H and O–H groups in total. The van der Waals surface area contributed by atoms with Crippen LogP contribution in [0.1, 0.15) is 17.9 Å². The van der Waals surface area contributed by atoms with E-state index in [0.29, 0.717) is 39.8 Å². The van der Waals surface area contributed by atoms with Crippen LogP contribution >= 0.6 is 0 Å². The van der Waals surface area contributed by atoms with E-state index in [9.17, 15) is 14.0 Å². The number of cyclic esters (lactones) is 1. The number of anilines is 1. The molecule has 0 bridgehead atoms. The number of hydrogen-bond donors (Lipinski definition) is 0. The molecule has 0 radical (unpaired) electrons. The van der Waals surface area contributed by atoms with Gasteiger partial charge in [-0.25, -0.2) is 9.18 Å². The second-order valence-electron chi connectivity index (χ2n) is 6.82. The van der Waals surface area contributed by atoms with Crippen LogP contribution in [0.3, 0.4) is 0 Å². The lowest BCUT2D eigenvalue weighted by molar-refractivity contribution is -0.136. The molecular weight excluding hydrogens is 393 g/mol. The molecule has 0 spiro atoms. The summed E-state index contributed by atoms with van der Waals surface area (Å²) >= 11 is 0. The van der Waals surface area contributed by atoms with E-state index in [1.54, 1.807) is 12.1 Å². The monoisotopic (exact) mass is 413 g/mol. The molecule has 7 nitrogen and oxygen atoms in total. The molecule has 0 fully saturated rings. The number of rotatable bonds is 5. The van der Waals surface area contributed by atoms with Crippen molar-refractivity contribution in [2.45, 2.75) is 12.3 Å². The van der Waals surface area contributed by atoms with Gasteiger partial charge in [0.05, 0.1) is 32.6 Å². The minimum Gasteiger partial charge on any atom is -0.493 e.